The molecular formula is C18H25N3O2. The number of anilines is 2. The zero-order valence-corrected chi connectivity index (χ0v) is 13.7. The minimum absolute atomic E-state index is 0.00632. The Labute approximate surface area is 137 Å². The number of benzene rings is 1. The van der Waals surface area contributed by atoms with Crippen molar-refractivity contribution in [2.75, 3.05) is 23.7 Å². The summed E-state index contributed by atoms with van der Waals surface area (Å²) in [5.74, 6) is 0.263. The maximum Gasteiger partial charge on any atom is 0.228 e. The molecule has 1 aromatic rings. The van der Waals surface area contributed by atoms with Crippen LogP contribution in [-0.2, 0) is 9.59 Å². The molecule has 5 heteroatoms. The molecule has 2 aliphatic rings. The summed E-state index contributed by atoms with van der Waals surface area (Å²) in [5, 5.41) is 9.22. The van der Waals surface area contributed by atoms with Gasteiger partial charge in [0, 0.05) is 23.7 Å². The highest BCUT2D eigenvalue weighted by Crippen LogP contribution is 2.58. The van der Waals surface area contributed by atoms with Crippen LogP contribution in [0, 0.1) is 11.3 Å². The third-order valence-electron chi connectivity index (χ3n) is 5.00. The molecule has 1 aliphatic heterocycles. The zero-order chi connectivity index (χ0) is 16.3. The monoisotopic (exact) mass is 315 g/mol. The normalized spacial score (nSPS) is 21.7. The molecule has 124 valence electrons. The number of amides is 2. The Balaban J connectivity index is 1.58. The van der Waals surface area contributed by atoms with Gasteiger partial charge in [0.2, 0.25) is 11.8 Å². The summed E-state index contributed by atoms with van der Waals surface area (Å²) in [6.45, 7) is 4.01. The molecule has 1 atom stereocenters. The van der Waals surface area contributed by atoms with Crippen molar-refractivity contribution in [1.29, 1.82) is 0 Å². The van der Waals surface area contributed by atoms with Crippen molar-refractivity contribution in [3.8, 4) is 0 Å². The van der Waals surface area contributed by atoms with Crippen LogP contribution < -0.4 is 16.0 Å². The smallest absolute Gasteiger partial charge is 0.228 e. The molecule has 1 aliphatic carbocycles. The molecule has 0 radical (unpaired) electrons. The van der Waals surface area contributed by atoms with Crippen LogP contribution in [0.1, 0.15) is 39.0 Å². The van der Waals surface area contributed by atoms with Crippen molar-refractivity contribution in [2.24, 2.45) is 11.3 Å². The average Bonchev–Trinajstić information content (AvgIpc) is 3.22. The standard InChI is InChI=1S/C18H25N3O2/c1-2-4-16(22)20-13-5-3-6-14(11-13)21-17(23)15-12-18(15)7-9-19-10-8-18/h3,5-6,11,15,19H,2,4,7-10,12H2,1H3,(H,20,22)(H,21,23). The van der Waals surface area contributed by atoms with E-state index in [0.29, 0.717) is 6.42 Å². The van der Waals surface area contributed by atoms with Gasteiger partial charge in [0.25, 0.3) is 0 Å². The van der Waals surface area contributed by atoms with Crippen LogP contribution >= 0.6 is 0 Å². The summed E-state index contributed by atoms with van der Waals surface area (Å²) < 4.78 is 0. The molecule has 23 heavy (non-hydrogen) atoms. The third-order valence-corrected chi connectivity index (χ3v) is 5.00. The van der Waals surface area contributed by atoms with Crippen molar-refractivity contribution in [1.82, 2.24) is 5.32 Å². The van der Waals surface area contributed by atoms with Crippen molar-refractivity contribution < 1.29 is 9.59 Å². The molecule has 1 spiro atoms. The fourth-order valence-corrected chi connectivity index (χ4v) is 3.55. The zero-order valence-electron chi connectivity index (χ0n) is 13.7. The number of rotatable bonds is 5. The molecule has 0 aromatic heterocycles. The summed E-state index contributed by atoms with van der Waals surface area (Å²) in [7, 11) is 0. The SMILES string of the molecule is CCCC(=O)Nc1cccc(NC(=O)C2CC23CCNCC3)c1. The van der Waals surface area contributed by atoms with Crippen LogP contribution in [0.3, 0.4) is 0 Å². The van der Waals surface area contributed by atoms with Gasteiger partial charge in [-0.25, -0.2) is 0 Å². The number of hydrogen-bond acceptors (Lipinski definition) is 3. The first-order valence-corrected chi connectivity index (χ1v) is 8.54. The summed E-state index contributed by atoms with van der Waals surface area (Å²) >= 11 is 0. The van der Waals surface area contributed by atoms with Gasteiger partial charge in [-0.1, -0.05) is 13.0 Å². The Morgan fingerprint density at radius 1 is 1.22 bits per heavy atom. The summed E-state index contributed by atoms with van der Waals surface area (Å²) in [6, 6.07) is 7.38. The molecule has 1 saturated carbocycles. The minimum atomic E-state index is 0.00632. The fraction of sp³-hybridized carbons (Fsp3) is 0.556. The lowest BCUT2D eigenvalue weighted by Gasteiger charge is -2.23. The van der Waals surface area contributed by atoms with Gasteiger partial charge in [-0.2, -0.15) is 0 Å². The predicted molar refractivity (Wildman–Crippen MR) is 91.3 cm³/mol. The van der Waals surface area contributed by atoms with Crippen LogP contribution in [0.2, 0.25) is 0 Å². The van der Waals surface area contributed by atoms with Gasteiger partial charge in [-0.05, 0) is 62.4 Å². The first kappa shape index (κ1) is 16.0. The quantitative estimate of drug-likeness (QED) is 0.782. The first-order valence-electron chi connectivity index (χ1n) is 8.54. The molecule has 2 amide bonds. The summed E-state index contributed by atoms with van der Waals surface area (Å²) in [5.41, 5.74) is 1.72. The van der Waals surface area contributed by atoms with Crippen LogP contribution in [0.15, 0.2) is 24.3 Å². The van der Waals surface area contributed by atoms with Crippen molar-refractivity contribution in [2.45, 2.75) is 39.0 Å². The fourth-order valence-electron chi connectivity index (χ4n) is 3.55. The van der Waals surface area contributed by atoms with Gasteiger partial charge in [0.05, 0.1) is 0 Å². The lowest BCUT2D eigenvalue weighted by molar-refractivity contribution is -0.118. The van der Waals surface area contributed by atoms with E-state index in [-0.39, 0.29) is 23.1 Å². The third kappa shape index (κ3) is 3.72. The highest BCUT2D eigenvalue weighted by atomic mass is 16.2. The van der Waals surface area contributed by atoms with Gasteiger partial charge < -0.3 is 16.0 Å². The van der Waals surface area contributed by atoms with Gasteiger partial charge in [0.1, 0.15) is 0 Å². The second kappa shape index (κ2) is 6.71. The second-order valence-corrected chi connectivity index (χ2v) is 6.74. The van der Waals surface area contributed by atoms with E-state index in [0.717, 1.165) is 50.1 Å². The van der Waals surface area contributed by atoms with Crippen LogP contribution in [-0.4, -0.2) is 24.9 Å². The predicted octanol–water partition coefficient (Wildman–Crippen LogP) is 2.75. The first-order chi connectivity index (χ1) is 11.1. The summed E-state index contributed by atoms with van der Waals surface area (Å²) in [4.78, 5) is 24.1. The maximum atomic E-state index is 12.5. The van der Waals surface area contributed by atoms with Gasteiger partial charge in [0.15, 0.2) is 0 Å². The molecule has 1 aromatic carbocycles. The van der Waals surface area contributed by atoms with E-state index in [4.69, 9.17) is 0 Å². The van der Waals surface area contributed by atoms with E-state index < -0.39 is 0 Å². The van der Waals surface area contributed by atoms with Gasteiger partial charge in [-0.15, -0.1) is 0 Å². The van der Waals surface area contributed by atoms with Crippen molar-refractivity contribution in [3.63, 3.8) is 0 Å². The number of carbonyl (C=O) groups is 2. The molecule has 1 saturated heterocycles. The van der Waals surface area contributed by atoms with Crippen molar-refractivity contribution in [3.05, 3.63) is 24.3 Å². The highest BCUT2D eigenvalue weighted by Gasteiger charge is 2.57. The Kier molecular flexibility index (Phi) is 4.66. The Hall–Kier alpha value is -1.88. The van der Waals surface area contributed by atoms with Crippen LogP contribution in [0.25, 0.3) is 0 Å². The van der Waals surface area contributed by atoms with Crippen LogP contribution in [0.5, 0.6) is 0 Å². The largest absolute Gasteiger partial charge is 0.326 e. The minimum Gasteiger partial charge on any atom is -0.326 e. The van der Waals surface area contributed by atoms with E-state index >= 15 is 0 Å². The second-order valence-electron chi connectivity index (χ2n) is 6.74. The van der Waals surface area contributed by atoms with Gasteiger partial charge >= 0.3 is 0 Å². The molecule has 3 N–H and O–H groups in total. The summed E-state index contributed by atoms with van der Waals surface area (Å²) in [6.07, 6.45) is 4.53. The average molecular weight is 315 g/mol. The molecule has 0 bridgehead atoms. The number of nitrogens with one attached hydrogen (secondary N) is 3. The Bertz CT molecular complexity index is 594. The van der Waals surface area contributed by atoms with E-state index in [9.17, 15) is 9.59 Å². The molecule has 2 fully saturated rings. The number of piperidine rings is 1. The molecule has 5 nitrogen and oxygen atoms in total. The lowest BCUT2D eigenvalue weighted by Crippen LogP contribution is -2.31. The van der Waals surface area contributed by atoms with E-state index in [1.165, 1.54) is 0 Å². The van der Waals surface area contributed by atoms with E-state index in [2.05, 4.69) is 16.0 Å². The van der Waals surface area contributed by atoms with Crippen molar-refractivity contribution >= 4 is 23.2 Å². The Morgan fingerprint density at radius 3 is 2.61 bits per heavy atom. The molecular weight excluding hydrogens is 290 g/mol. The molecule has 1 unspecified atom stereocenters. The Morgan fingerprint density at radius 2 is 1.91 bits per heavy atom. The number of hydrogen-bond donors (Lipinski definition) is 3. The molecule has 1 heterocycles. The molecule has 3 rings (SSSR count). The topological polar surface area (TPSA) is 70.2 Å². The van der Waals surface area contributed by atoms with Gasteiger partial charge in [-0.3, -0.25) is 9.59 Å². The highest BCUT2D eigenvalue weighted by molar-refractivity contribution is 5.96. The maximum absolute atomic E-state index is 12.5. The number of carbonyl (C=O) groups excluding carboxylic acids is 2. The van der Waals surface area contributed by atoms with E-state index in [1.807, 2.05) is 31.2 Å². The van der Waals surface area contributed by atoms with E-state index in [1.54, 1.807) is 0 Å². The lowest BCUT2D eigenvalue weighted by atomic mass is 9.92. The van der Waals surface area contributed by atoms with Crippen LogP contribution in [0.4, 0.5) is 11.4 Å².